The minimum Gasteiger partial charge on any atom is -0.395 e. The third-order valence-electron chi connectivity index (χ3n) is 2.53. The van der Waals surface area contributed by atoms with Gasteiger partial charge in [0.05, 0.1) is 6.61 Å². The molecule has 6 heteroatoms. The second-order valence-corrected chi connectivity index (χ2v) is 4.17. The number of aromatic nitrogens is 2. The molecule has 5 nitrogen and oxygen atoms in total. The first-order valence-corrected chi connectivity index (χ1v) is 5.55. The van der Waals surface area contributed by atoms with Gasteiger partial charge in [0.25, 0.3) is 0 Å². The number of aliphatic hydroxyl groups excluding tert-OH is 1. The summed E-state index contributed by atoms with van der Waals surface area (Å²) in [6.07, 6.45) is 3.62. The van der Waals surface area contributed by atoms with Gasteiger partial charge in [-0.05, 0) is 19.3 Å². The number of nitrogen functional groups attached to an aromatic ring is 1. The molecule has 1 aromatic rings. The number of anilines is 2. The second-order valence-electron chi connectivity index (χ2n) is 3.44. The summed E-state index contributed by atoms with van der Waals surface area (Å²) in [6.45, 7) is 0.773. The fourth-order valence-corrected chi connectivity index (χ4v) is 2.28. The van der Waals surface area contributed by atoms with E-state index in [1.54, 1.807) is 0 Å². The number of hydrogen-bond donors (Lipinski definition) is 2. The first-order valence-electron chi connectivity index (χ1n) is 4.78. The van der Waals surface area contributed by atoms with Crippen LogP contribution in [0.5, 0.6) is 0 Å². The molecule has 0 unspecified atom stereocenters. The Morgan fingerprint density at radius 2 is 2.36 bits per heavy atom. The van der Waals surface area contributed by atoms with Crippen LogP contribution in [0, 0.1) is 0 Å². The van der Waals surface area contributed by atoms with E-state index in [2.05, 4.69) is 14.3 Å². The minimum absolute atomic E-state index is 0.149. The Hall–Kier alpha value is -0.880. The van der Waals surface area contributed by atoms with Crippen LogP contribution in [0.3, 0.4) is 0 Å². The third kappa shape index (κ3) is 1.80. The highest BCUT2D eigenvalue weighted by molar-refractivity contribution is 7.09. The van der Waals surface area contributed by atoms with Crippen molar-refractivity contribution in [3.8, 4) is 0 Å². The molecule has 0 aliphatic heterocycles. The summed E-state index contributed by atoms with van der Waals surface area (Å²) >= 11 is 1.30. The highest BCUT2D eigenvalue weighted by atomic mass is 32.1. The summed E-state index contributed by atoms with van der Waals surface area (Å²) in [5, 5.41) is 9.79. The zero-order chi connectivity index (χ0) is 9.97. The lowest BCUT2D eigenvalue weighted by Crippen LogP contribution is -2.41. The summed E-state index contributed by atoms with van der Waals surface area (Å²) in [4.78, 5) is 6.24. The minimum atomic E-state index is 0.149. The first-order chi connectivity index (χ1) is 6.81. The van der Waals surface area contributed by atoms with Crippen LogP contribution in [0.1, 0.15) is 19.3 Å². The molecule has 0 aromatic carbocycles. The Morgan fingerprint density at radius 3 is 2.79 bits per heavy atom. The Morgan fingerprint density at radius 1 is 1.57 bits per heavy atom. The van der Waals surface area contributed by atoms with E-state index >= 15 is 0 Å². The third-order valence-corrected chi connectivity index (χ3v) is 3.30. The van der Waals surface area contributed by atoms with E-state index in [1.165, 1.54) is 30.8 Å². The van der Waals surface area contributed by atoms with E-state index in [0.29, 0.717) is 18.5 Å². The highest BCUT2D eigenvalue weighted by Gasteiger charge is 2.26. The molecule has 14 heavy (non-hydrogen) atoms. The number of hydrogen-bond acceptors (Lipinski definition) is 6. The van der Waals surface area contributed by atoms with Crippen molar-refractivity contribution in [1.82, 2.24) is 9.36 Å². The average Bonchev–Trinajstić information content (AvgIpc) is 2.48. The van der Waals surface area contributed by atoms with Gasteiger partial charge in [-0.2, -0.15) is 9.36 Å². The summed E-state index contributed by atoms with van der Waals surface area (Å²) in [6, 6.07) is 0.523. The maximum atomic E-state index is 8.96. The second kappa shape index (κ2) is 4.10. The van der Waals surface area contributed by atoms with Gasteiger partial charge in [-0.1, -0.05) is 0 Å². The molecule has 3 N–H and O–H groups in total. The summed E-state index contributed by atoms with van der Waals surface area (Å²) in [5.41, 5.74) is 5.47. The molecule has 1 fully saturated rings. The van der Waals surface area contributed by atoms with Gasteiger partial charge in [-0.15, -0.1) is 0 Å². The first kappa shape index (κ1) is 9.67. The molecule has 2 rings (SSSR count). The van der Waals surface area contributed by atoms with Gasteiger partial charge in [-0.3, -0.25) is 0 Å². The molecule has 78 valence electrons. The van der Waals surface area contributed by atoms with Gasteiger partial charge in [0.1, 0.15) is 0 Å². The average molecular weight is 214 g/mol. The van der Waals surface area contributed by atoms with Gasteiger partial charge in [0.2, 0.25) is 11.1 Å². The maximum Gasteiger partial charge on any atom is 0.233 e. The maximum absolute atomic E-state index is 8.96. The van der Waals surface area contributed by atoms with Crippen LogP contribution >= 0.6 is 11.5 Å². The van der Waals surface area contributed by atoms with E-state index in [0.717, 1.165) is 5.13 Å². The quantitative estimate of drug-likeness (QED) is 0.762. The molecule has 0 amide bonds. The lowest BCUT2D eigenvalue weighted by Gasteiger charge is -2.36. The molecule has 0 saturated heterocycles. The van der Waals surface area contributed by atoms with Crippen molar-refractivity contribution in [2.45, 2.75) is 25.3 Å². The Bertz CT molecular complexity index is 299. The SMILES string of the molecule is Nc1nsc(N(CCO)C2CCC2)n1. The van der Waals surface area contributed by atoms with Crippen molar-refractivity contribution in [3.05, 3.63) is 0 Å². The predicted molar refractivity (Wildman–Crippen MR) is 56.4 cm³/mol. The molecule has 0 radical (unpaired) electrons. The summed E-state index contributed by atoms with van der Waals surface area (Å²) < 4.78 is 3.95. The number of aliphatic hydroxyl groups is 1. The van der Waals surface area contributed by atoms with E-state index in [4.69, 9.17) is 10.8 Å². The van der Waals surface area contributed by atoms with E-state index in [-0.39, 0.29) is 6.61 Å². The predicted octanol–water partition coefficient (Wildman–Crippen LogP) is 0.471. The van der Waals surface area contributed by atoms with Crippen molar-refractivity contribution < 1.29 is 5.11 Å². The molecule has 1 aromatic heterocycles. The monoisotopic (exact) mass is 214 g/mol. The topological polar surface area (TPSA) is 75.3 Å². The Labute approximate surface area is 86.7 Å². The van der Waals surface area contributed by atoms with Crippen LogP contribution in [-0.2, 0) is 0 Å². The Kier molecular flexibility index (Phi) is 2.83. The summed E-state index contributed by atoms with van der Waals surface area (Å²) in [5.74, 6) is 0.326. The molecule has 0 atom stereocenters. The molecule has 0 bridgehead atoms. The zero-order valence-corrected chi connectivity index (χ0v) is 8.70. The van der Waals surface area contributed by atoms with Crippen LogP contribution in [0.15, 0.2) is 0 Å². The highest BCUT2D eigenvalue weighted by Crippen LogP contribution is 2.30. The van der Waals surface area contributed by atoms with Crippen LogP contribution in [0.25, 0.3) is 0 Å². The lowest BCUT2D eigenvalue weighted by atomic mass is 9.92. The fraction of sp³-hybridized carbons (Fsp3) is 0.750. The smallest absolute Gasteiger partial charge is 0.233 e. The number of nitrogens with two attached hydrogens (primary N) is 1. The molecule has 1 aliphatic carbocycles. The van der Waals surface area contributed by atoms with Crippen molar-refractivity contribution in [3.63, 3.8) is 0 Å². The van der Waals surface area contributed by atoms with E-state index < -0.39 is 0 Å². The standard InChI is InChI=1S/C8H14N4OS/c9-7-10-8(14-11-7)12(4-5-13)6-2-1-3-6/h6,13H,1-5H2,(H2,9,11). The molecule has 0 spiro atoms. The van der Waals surface area contributed by atoms with E-state index in [9.17, 15) is 0 Å². The van der Waals surface area contributed by atoms with Crippen LogP contribution in [0.4, 0.5) is 11.1 Å². The van der Waals surface area contributed by atoms with Crippen molar-refractivity contribution in [2.24, 2.45) is 0 Å². The number of nitrogens with zero attached hydrogens (tertiary/aromatic N) is 3. The largest absolute Gasteiger partial charge is 0.395 e. The molecule has 1 heterocycles. The van der Waals surface area contributed by atoms with Gasteiger partial charge in [0, 0.05) is 24.1 Å². The summed E-state index contributed by atoms with van der Waals surface area (Å²) in [7, 11) is 0. The van der Waals surface area contributed by atoms with Gasteiger partial charge >= 0.3 is 0 Å². The zero-order valence-electron chi connectivity index (χ0n) is 7.89. The molecular formula is C8H14N4OS. The van der Waals surface area contributed by atoms with E-state index in [1.807, 2.05) is 0 Å². The molecular weight excluding hydrogens is 200 g/mol. The van der Waals surface area contributed by atoms with Gasteiger partial charge < -0.3 is 15.7 Å². The Balaban J connectivity index is 2.09. The van der Waals surface area contributed by atoms with Gasteiger partial charge in [-0.25, -0.2) is 0 Å². The van der Waals surface area contributed by atoms with Crippen molar-refractivity contribution in [2.75, 3.05) is 23.8 Å². The van der Waals surface area contributed by atoms with Crippen molar-refractivity contribution >= 4 is 22.6 Å². The molecule has 1 aliphatic rings. The molecule has 1 saturated carbocycles. The van der Waals surface area contributed by atoms with Crippen molar-refractivity contribution in [1.29, 1.82) is 0 Å². The van der Waals surface area contributed by atoms with Gasteiger partial charge in [0.15, 0.2) is 0 Å². The fourth-order valence-electron chi connectivity index (χ4n) is 1.58. The van der Waals surface area contributed by atoms with Crippen LogP contribution < -0.4 is 10.6 Å². The van der Waals surface area contributed by atoms with Crippen LogP contribution in [-0.4, -0.2) is 33.7 Å². The lowest BCUT2D eigenvalue weighted by molar-refractivity contribution is 0.283. The normalized spacial score (nSPS) is 16.6. The van der Waals surface area contributed by atoms with Crippen LogP contribution in [0.2, 0.25) is 0 Å². The number of rotatable bonds is 4.